The van der Waals surface area contributed by atoms with Crippen LogP contribution >= 0.6 is 0 Å². The number of aryl methyl sites for hydroxylation is 1. The molecule has 3 aromatic carbocycles. The Balaban J connectivity index is 1.44. The molecule has 5 rings (SSSR count). The van der Waals surface area contributed by atoms with E-state index < -0.39 is 0 Å². The van der Waals surface area contributed by atoms with Crippen LogP contribution in [0.2, 0.25) is 0 Å². The molecule has 0 fully saturated rings. The van der Waals surface area contributed by atoms with E-state index in [-0.39, 0.29) is 0 Å². The molecule has 0 atom stereocenters. The summed E-state index contributed by atoms with van der Waals surface area (Å²) < 4.78 is 4.27. The lowest BCUT2D eigenvalue weighted by atomic mass is 10.2. The normalized spacial score (nSPS) is 11.6. The first kappa shape index (κ1) is 17.3. The van der Waals surface area contributed by atoms with E-state index in [1.165, 1.54) is 16.5 Å². The molecule has 0 unspecified atom stereocenters. The minimum absolute atomic E-state index is 0.718. The van der Waals surface area contributed by atoms with Crippen molar-refractivity contribution < 1.29 is 0 Å². The van der Waals surface area contributed by atoms with Crippen LogP contribution in [0.5, 0.6) is 0 Å². The third-order valence-corrected chi connectivity index (χ3v) is 5.17. The van der Waals surface area contributed by atoms with Crippen molar-refractivity contribution in [3.8, 4) is 0 Å². The average molecular weight is 379 g/mol. The van der Waals surface area contributed by atoms with Gasteiger partial charge in [-0.1, -0.05) is 60.7 Å². The zero-order chi connectivity index (χ0) is 19.6. The summed E-state index contributed by atoms with van der Waals surface area (Å²) >= 11 is 0. The number of benzene rings is 3. The summed E-state index contributed by atoms with van der Waals surface area (Å²) in [5.74, 6) is 0.718. The van der Waals surface area contributed by atoms with Gasteiger partial charge in [0, 0.05) is 36.3 Å². The van der Waals surface area contributed by atoms with Crippen LogP contribution in [0, 0.1) is 0 Å². The summed E-state index contributed by atoms with van der Waals surface area (Å²) in [6.07, 6.45) is 4.01. The predicted molar refractivity (Wildman–Crippen MR) is 119 cm³/mol. The molecule has 29 heavy (non-hydrogen) atoms. The third kappa shape index (κ3) is 3.27. The van der Waals surface area contributed by atoms with Crippen molar-refractivity contribution in [2.75, 3.05) is 5.43 Å². The van der Waals surface area contributed by atoms with Gasteiger partial charge in [0.1, 0.15) is 0 Å². The highest BCUT2D eigenvalue weighted by Gasteiger charge is 2.08. The van der Waals surface area contributed by atoms with E-state index in [1.807, 2.05) is 42.1 Å². The molecule has 5 aromatic rings. The van der Waals surface area contributed by atoms with Crippen LogP contribution in [0.4, 0.5) is 5.95 Å². The van der Waals surface area contributed by atoms with Gasteiger partial charge in [-0.25, -0.2) is 10.4 Å². The van der Waals surface area contributed by atoms with Crippen molar-refractivity contribution in [2.24, 2.45) is 12.1 Å². The number of hydrogen-bond donors (Lipinski definition) is 1. The lowest BCUT2D eigenvalue weighted by Crippen LogP contribution is -1.99. The van der Waals surface area contributed by atoms with Crippen LogP contribution < -0.4 is 5.43 Å². The van der Waals surface area contributed by atoms with E-state index in [0.29, 0.717) is 0 Å². The van der Waals surface area contributed by atoms with Gasteiger partial charge in [0.15, 0.2) is 0 Å². The molecule has 0 aliphatic carbocycles. The van der Waals surface area contributed by atoms with Crippen molar-refractivity contribution in [1.82, 2.24) is 14.1 Å². The average Bonchev–Trinajstić information content (AvgIpc) is 3.27. The Kier molecular flexibility index (Phi) is 4.33. The lowest BCUT2D eigenvalue weighted by Gasteiger charge is -2.05. The van der Waals surface area contributed by atoms with Crippen LogP contribution in [-0.4, -0.2) is 20.3 Å². The standard InChI is InChI=1S/C24H21N5/c1-28-23-14-8-6-12-21(23)26-24(28)27-25-15-19-17-29(16-18-9-3-2-4-10-18)22-13-7-5-11-20(19)22/h2-15,17H,16H2,1H3,(H,26,27). The van der Waals surface area contributed by atoms with E-state index >= 15 is 0 Å². The second kappa shape index (κ2) is 7.28. The molecule has 0 aliphatic rings. The molecular weight excluding hydrogens is 358 g/mol. The zero-order valence-electron chi connectivity index (χ0n) is 16.2. The number of nitrogens with zero attached hydrogens (tertiary/aromatic N) is 4. The Hall–Kier alpha value is -3.86. The van der Waals surface area contributed by atoms with Gasteiger partial charge in [-0.2, -0.15) is 5.10 Å². The summed E-state index contributed by atoms with van der Waals surface area (Å²) in [5, 5.41) is 5.65. The van der Waals surface area contributed by atoms with Gasteiger partial charge in [0.25, 0.3) is 0 Å². The molecule has 0 spiro atoms. The molecule has 2 heterocycles. The smallest absolute Gasteiger partial charge is 0.224 e. The Morgan fingerprint density at radius 3 is 2.45 bits per heavy atom. The third-order valence-electron chi connectivity index (χ3n) is 5.17. The van der Waals surface area contributed by atoms with Gasteiger partial charge in [-0.3, -0.25) is 0 Å². The molecule has 0 saturated heterocycles. The number of fused-ring (bicyclic) bond motifs is 2. The van der Waals surface area contributed by atoms with Gasteiger partial charge in [0.2, 0.25) is 5.95 Å². The number of anilines is 1. The van der Waals surface area contributed by atoms with Crippen molar-refractivity contribution >= 4 is 34.1 Å². The first-order chi connectivity index (χ1) is 14.3. The molecular formula is C24H21N5. The molecule has 0 bridgehead atoms. The number of rotatable bonds is 5. The number of hydrogen-bond acceptors (Lipinski definition) is 3. The number of hydrazone groups is 1. The maximum atomic E-state index is 4.60. The molecule has 1 N–H and O–H groups in total. The topological polar surface area (TPSA) is 47.1 Å². The van der Waals surface area contributed by atoms with Gasteiger partial charge in [-0.15, -0.1) is 0 Å². The Morgan fingerprint density at radius 1 is 0.897 bits per heavy atom. The quantitative estimate of drug-likeness (QED) is 0.344. The van der Waals surface area contributed by atoms with Crippen LogP contribution in [0.15, 0.2) is 90.2 Å². The van der Waals surface area contributed by atoms with Crippen molar-refractivity contribution in [3.05, 3.63) is 96.2 Å². The summed E-state index contributed by atoms with van der Waals surface area (Å²) in [6, 6.07) is 27.0. The largest absolute Gasteiger partial charge is 0.342 e. The maximum Gasteiger partial charge on any atom is 0.224 e. The first-order valence-electron chi connectivity index (χ1n) is 9.62. The van der Waals surface area contributed by atoms with E-state index in [4.69, 9.17) is 0 Å². The van der Waals surface area contributed by atoms with E-state index in [0.717, 1.165) is 29.1 Å². The minimum atomic E-state index is 0.718. The van der Waals surface area contributed by atoms with Gasteiger partial charge < -0.3 is 9.13 Å². The van der Waals surface area contributed by atoms with Crippen molar-refractivity contribution in [1.29, 1.82) is 0 Å². The summed E-state index contributed by atoms with van der Waals surface area (Å²) in [4.78, 5) is 4.60. The summed E-state index contributed by atoms with van der Waals surface area (Å²) in [6.45, 7) is 0.827. The fourth-order valence-electron chi connectivity index (χ4n) is 3.69. The molecule has 5 nitrogen and oxygen atoms in total. The summed E-state index contributed by atoms with van der Waals surface area (Å²) in [7, 11) is 1.99. The van der Waals surface area contributed by atoms with E-state index in [9.17, 15) is 0 Å². The Labute approximate surface area is 168 Å². The molecule has 0 amide bonds. The molecule has 2 aromatic heterocycles. The van der Waals surface area contributed by atoms with Crippen LogP contribution in [0.1, 0.15) is 11.1 Å². The van der Waals surface area contributed by atoms with Crippen molar-refractivity contribution in [3.63, 3.8) is 0 Å². The Bertz CT molecular complexity index is 1310. The van der Waals surface area contributed by atoms with Gasteiger partial charge in [-0.05, 0) is 23.8 Å². The molecule has 0 radical (unpaired) electrons. The molecule has 0 saturated carbocycles. The number of nitrogens with one attached hydrogen (secondary N) is 1. The highest BCUT2D eigenvalue weighted by atomic mass is 15.4. The number of imidazole rings is 1. The number of aromatic nitrogens is 3. The summed E-state index contributed by atoms with van der Waals surface area (Å²) in [5.41, 5.74) is 8.65. The van der Waals surface area contributed by atoms with Crippen molar-refractivity contribution in [2.45, 2.75) is 6.54 Å². The molecule has 0 aliphatic heterocycles. The van der Waals surface area contributed by atoms with Crippen LogP contribution in [0.3, 0.4) is 0 Å². The maximum absolute atomic E-state index is 4.60. The monoisotopic (exact) mass is 379 g/mol. The number of para-hydroxylation sites is 3. The van der Waals surface area contributed by atoms with E-state index in [2.05, 4.69) is 80.9 Å². The minimum Gasteiger partial charge on any atom is -0.342 e. The lowest BCUT2D eigenvalue weighted by molar-refractivity contribution is 0.836. The fraction of sp³-hybridized carbons (Fsp3) is 0.0833. The zero-order valence-corrected chi connectivity index (χ0v) is 16.2. The van der Waals surface area contributed by atoms with E-state index in [1.54, 1.807) is 0 Å². The predicted octanol–water partition coefficient (Wildman–Crippen LogP) is 5.02. The highest BCUT2D eigenvalue weighted by Crippen LogP contribution is 2.22. The second-order valence-electron chi connectivity index (χ2n) is 7.07. The van der Waals surface area contributed by atoms with Gasteiger partial charge >= 0.3 is 0 Å². The Morgan fingerprint density at radius 2 is 1.62 bits per heavy atom. The fourth-order valence-corrected chi connectivity index (χ4v) is 3.69. The van der Waals surface area contributed by atoms with Crippen LogP contribution in [-0.2, 0) is 13.6 Å². The van der Waals surface area contributed by atoms with Crippen LogP contribution in [0.25, 0.3) is 21.9 Å². The molecule has 5 heteroatoms. The highest BCUT2D eigenvalue weighted by molar-refractivity contribution is 5.99. The second-order valence-corrected chi connectivity index (χ2v) is 7.07. The SMILES string of the molecule is Cn1c(NN=Cc2cn(Cc3ccccc3)c3ccccc23)nc2ccccc21. The molecule has 142 valence electrons. The van der Waals surface area contributed by atoms with Gasteiger partial charge in [0.05, 0.1) is 17.2 Å². The first-order valence-corrected chi connectivity index (χ1v) is 9.62.